The number of allylic oxidation sites excluding steroid dienone is 3. The topological polar surface area (TPSA) is 9.23 Å². The maximum atomic E-state index is 5.73. The summed E-state index contributed by atoms with van der Waals surface area (Å²) in [5.41, 5.74) is 0. The summed E-state index contributed by atoms with van der Waals surface area (Å²) in [4.78, 5) is 0. The van der Waals surface area contributed by atoms with Crippen molar-refractivity contribution in [2.75, 3.05) is 6.61 Å². The van der Waals surface area contributed by atoms with E-state index in [1.54, 1.807) is 0 Å². The van der Waals surface area contributed by atoms with Gasteiger partial charge in [-0.1, -0.05) is 44.6 Å². The molecule has 0 aliphatic heterocycles. The van der Waals surface area contributed by atoms with E-state index < -0.39 is 0 Å². The van der Waals surface area contributed by atoms with Crippen molar-refractivity contribution >= 4 is 0 Å². The van der Waals surface area contributed by atoms with E-state index in [1.165, 1.54) is 6.42 Å². The van der Waals surface area contributed by atoms with Gasteiger partial charge in [0.05, 0.1) is 12.7 Å². The van der Waals surface area contributed by atoms with E-state index in [1.807, 2.05) is 6.92 Å². The van der Waals surface area contributed by atoms with Crippen molar-refractivity contribution in [3.05, 3.63) is 24.3 Å². The molecule has 0 fully saturated rings. The van der Waals surface area contributed by atoms with Crippen molar-refractivity contribution in [1.29, 1.82) is 0 Å². The van der Waals surface area contributed by atoms with Gasteiger partial charge in [0, 0.05) is 0 Å². The Morgan fingerprint density at radius 3 is 2.53 bits per heavy atom. The lowest BCUT2D eigenvalue weighted by atomic mass is 10.1. The molecule has 1 nitrogen and oxygen atoms in total. The number of ether oxygens (including phenoxy) is 1. The van der Waals surface area contributed by atoms with E-state index in [9.17, 15) is 0 Å². The Morgan fingerprint density at radius 1 is 1.20 bits per heavy atom. The van der Waals surface area contributed by atoms with Crippen LogP contribution in [0.1, 0.15) is 47.0 Å². The minimum atomic E-state index is 0.404. The van der Waals surface area contributed by atoms with Crippen molar-refractivity contribution < 1.29 is 4.74 Å². The molecule has 2 unspecified atom stereocenters. The van der Waals surface area contributed by atoms with Crippen LogP contribution in [-0.4, -0.2) is 12.7 Å². The highest BCUT2D eigenvalue weighted by Gasteiger charge is 2.02. The molecule has 0 bridgehead atoms. The summed E-state index contributed by atoms with van der Waals surface area (Å²) >= 11 is 0. The average molecular weight is 210 g/mol. The standard InChI is InChI=1S/C14H26O/c1-5-7-8-9-11-13(3)12-15-14(4)10-6-2/h5,7,9,11,13-14H,6,8,10,12H2,1-4H3/b7-5-,11-9-. The Labute approximate surface area is 95.2 Å². The molecule has 0 spiro atoms. The molecule has 0 aliphatic carbocycles. The first-order chi connectivity index (χ1) is 7.20. The van der Waals surface area contributed by atoms with E-state index in [2.05, 4.69) is 45.1 Å². The Bertz CT molecular complexity index is 182. The summed E-state index contributed by atoms with van der Waals surface area (Å²) in [6, 6.07) is 0. The zero-order chi connectivity index (χ0) is 11.5. The summed E-state index contributed by atoms with van der Waals surface area (Å²) < 4.78 is 5.73. The second kappa shape index (κ2) is 9.97. The second-order valence-corrected chi connectivity index (χ2v) is 4.14. The molecule has 0 radical (unpaired) electrons. The molecular formula is C14H26O. The third-order valence-electron chi connectivity index (χ3n) is 2.31. The van der Waals surface area contributed by atoms with E-state index in [0.717, 1.165) is 19.4 Å². The van der Waals surface area contributed by atoms with Crippen LogP contribution in [0.5, 0.6) is 0 Å². The molecule has 0 aromatic carbocycles. The lowest BCUT2D eigenvalue weighted by molar-refractivity contribution is 0.0470. The smallest absolute Gasteiger partial charge is 0.0547 e. The van der Waals surface area contributed by atoms with Crippen LogP contribution in [0.3, 0.4) is 0 Å². The summed E-state index contributed by atoms with van der Waals surface area (Å²) in [5.74, 6) is 0.523. The highest BCUT2D eigenvalue weighted by molar-refractivity contribution is 4.93. The van der Waals surface area contributed by atoms with Crippen molar-refractivity contribution in [1.82, 2.24) is 0 Å². The fraction of sp³-hybridized carbons (Fsp3) is 0.714. The predicted octanol–water partition coefficient (Wildman–Crippen LogP) is 4.35. The first-order valence-corrected chi connectivity index (χ1v) is 6.10. The van der Waals surface area contributed by atoms with Crippen LogP contribution >= 0.6 is 0 Å². The molecule has 15 heavy (non-hydrogen) atoms. The van der Waals surface area contributed by atoms with Crippen LogP contribution in [0.2, 0.25) is 0 Å². The Morgan fingerprint density at radius 2 is 1.93 bits per heavy atom. The average Bonchev–Trinajstić information content (AvgIpc) is 2.22. The van der Waals surface area contributed by atoms with Gasteiger partial charge in [0.25, 0.3) is 0 Å². The Kier molecular flexibility index (Phi) is 9.60. The van der Waals surface area contributed by atoms with E-state index in [4.69, 9.17) is 4.74 Å². The zero-order valence-electron chi connectivity index (χ0n) is 10.7. The van der Waals surface area contributed by atoms with Gasteiger partial charge in [0.1, 0.15) is 0 Å². The fourth-order valence-electron chi connectivity index (χ4n) is 1.39. The third-order valence-corrected chi connectivity index (χ3v) is 2.31. The van der Waals surface area contributed by atoms with Crippen molar-refractivity contribution in [3.63, 3.8) is 0 Å². The van der Waals surface area contributed by atoms with Crippen molar-refractivity contribution in [2.45, 2.75) is 53.1 Å². The van der Waals surface area contributed by atoms with Gasteiger partial charge >= 0.3 is 0 Å². The lowest BCUT2D eigenvalue weighted by Crippen LogP contribution is -2.12. The normalized spacial score (nSPS) is 16.3. The monoisotopic (exact) mass is 210 g/mol. The van der Waals surface area contributed by atoms with E-state index in [0.29, 0.717) is 12.0 Å². The molecule has 0 aromatic rings. The maximum Gasteiger partial charge on any atom is 0.0547 e. The molecule has 0 aromatic heterocycles. The van der Waals surface area contributed by atoms with E-state index in [-0.39, 0.29) is 0 Å². The summed E-state index contributed by atoms with van der Waals surface area (Å²) in [6.07, 6.45) is 12.5. The third kappa shape index (κ3) is 9.74. The van der Waals surface area contributed by atoms with E-state index >= 15 is 0 Å². The van der Waals surface area contributed by atoms with Crippen molar-refractivity contribution in [2.24, 2.45) is 5.92 Å². The maximum absolute atomic E-state index is 5.73. The van der Waals surface area contributed by atoms with Gasteiger partial charge < -0.3 is 4.74 Å². The largest absolute Gasteiger partial charge is 0.378 e. The minimum Gasteiger partial charge on any atom is -0.378 e. The zero-order valence-corrected chi connectivity index (χ0v) is 10.7. The van der Waals surface area contributed by atoms with Crippen LogP contribution in [0, 0.1) is 5.92 Å². The Balaban J connectivity index is 3.55. The summed E-state index contributed by atoms with van der Waals surface area (Å²) in [7, 11) is 0. The number of hydrogen-bond donors (Lipinski definition) is 0. The SMILES string of the molecule is C/C=C\C/C=C\C(C)COC(C)CCC. The molecular weight excluding hydrogens is 184 g/mol. The molecule has 0 saturated heterocycles. The second-order valence-electron chi connectivity index (χ2n) is 4.14. The number of rotatable bonds is 8. The lowest BCUT2D eigenvalue weighted by Gasteiger charge is -2.14. The highest BCUT2D eigenvalue weighted by Crippen LogP contribution is 2.05. The van der Waals surface area contributed by atoms with Gasteiger partial charge in [-0.3, -0.25) is 0 Å². The van der Waals surface area contributed by atoms with Crippen molar-refractivity contribution in [3.8, 4) is 0 Å². The van der Waals surface area contributed by atoms with Crippen LogP contribution in [0.25, 0.3) is 0 Å². The molecule has 0 aliphatic rings. The van der Waals surface area contributed by atoms with Gasteiger partial charge in [0.2, 0.25) is 0 Å². The quantitative estimate of drug-likeness (QED) is 0.541. The molecule has 0 rings (SSSR count). The number of hydrogen-bond acceptors (Lipinski definition) is 1. The molecule has 0 amide bonds. The van der Waals surface area contributed by atoms with Gasteiger partial charge in [-0.2, -0.15) is 0 Å². The summed E-state index contributed by atoms with van der Waals surface area (Å²) in [5, 5.41) is 0. The van der Waals surface area contributed by atoms with Crippen LogP contribution < -0.4 is 0 Å². The molecule has 0 saturated carbocycles. The van der Waals surface area contributed by atoms with Gasteiger partial charge in [-0.25, -0.2) is 0 Å². The van der Waals surface area contributed by atoms with Crippen LogP contribution in [0.15, 0.2) is 24.3 Å². The van der Waals surface area contributed by atoms with Gasteiger partial charge in [0.15, 0.2) is 0 Å². The molecule has 2 atom stereocenters. The first-order valence-electron chi connectivity index (χ1n) is 6.10. The Hall–Kier alpha value is -0.560. The molecule has 0 N–H and O–H groups in total. The van der Waals surface area contributed by atoms with Gasteiger partial charge in [-0.05, 0) is 32.6 Å². The first kappa shape index (κ1) is 14.4. The van der Waals surface area contributed by atoms with Gasteiger partial charge in [-0.15, -0.1) is 0 Å². The molecule has 0 heterocycles. The van der Waals surface area contributed by atoms with Crippen LogP contribution in [-0.2, 0) is 4.74 Å². The molecule has 88 valence electrons. The predicted molar refractivity (Wildman–Crippen MR) is 68.1 cm³/mol. The summed E-state index contributed by atoms with van der Waals surface area (Å²) in [6.45, 7) is 9.44. The highest BCUT2D eigenvalue weighted by atomic mass is 16.5. The minimum absolute atomic E-state index is 0.404. The van der Waals surface area contributed by atoms with Crippen LogP contribution in [0.4, 0.5) is 0 Å². The molecule has 1 heteroatoms. The fourth-order valence-corrected chi connectivity index (χ4v) is 1.39.